The van der Waals surface area contributed by atoms with E-state index < -0.39 is 11.3 Å². The number of nitrogens with one attached hydrogen (secondary N) is 1. The van der Waals surface area contributed by atoms with Gasteiger partial charge >= 0.3 is 0 Å². The number of rotatable bonds is 5. The van der Waals surface area contributed by atoms with Gasteiger partial charge in [-0.1, -0.05) is 24.3 Å². The van der Waals surface area contributed by atoms with E-state index in [1.807, 2.05) is 37.3 Å². The molecule has 26 heavy (non-hydrogen) atoms. The standard InChI is InChI=1S/C19H19N3O3S/c1-12(22(26(24)25)15-6-7-15)13-2-4-14(5-3-13)16-10-11-20-19-17(16)8-9-18(23)21-19/h2-5,8-12,15H,6-7H2,1H3,(H,24,25)(H,20,21,23)/t12-/m1/s1. The summed E-state index contributed by atoms with van der Waals surface area (Å²) >= 11 is -1.97. The molecule has 2 N–H and O–H groups in total. The van der Waals surface area contributed by atoms with Gasteiger partial charge in [-0.15, -0.1) is 0 Å². The van der Waals surface area contributed by atoms with Gasteiger partial charge in [0.1, 0.15) is 5.65 Å². The topological polar surface area (TPSA) is 86.3 Å². The summed E-state index contributed by atoms with van der Waals surface area (Å²) in [6, 6.07) is 13.2. The maximum Gasteiger partial charge on any atom is 0.249 e. The first-order valence-corrected chi connectivity index (χ1v) is 9.58. The molecular weight excluding hydrogens is 350 g/mol. The van der Waals surface area contributed by atoms with Crippen molar-refractivity contribution >= 4 is 22.3 Å². The molecule has 0 saturated heterocycles. The second-order valence-electron chi connectivity index (χ2n) is 6.56. The Morgan fingerprint density at radius 3 is 2.58 bits per heavy atom. The molecule has 7 heteroatoms. The highest BCUT2D eigenvalue weighted by molar-refractivity contribution is 7.76. The highest BCUT2D eigenvalue weighted by Gasteiger charge is 2.36. The van der Waals surface area contributed by atoms with Gasteiger partial charge < -0.3 is 4.98 Å². The van der Waals surface area contributed by atoms with Crippen LogP contribution in [0.2, 0.25) is 0 Å². The third-order valence-corrected chi connectivity index (χ3v) is 5.78. The minimum Gasteiger partial charge on any atom is -0.307 e. The Kier molecular flexibility index (Phi) is 4.44. The number of nitrogens with zero attached hydrogens (tertiary/aromatic N) is 2. The third kappa shape index (κ3) is 3.21. The summed E-state index contributed by atoms with van der Waals surface area (Å²) in [5.74, 6) is 0. The molecule has 4 rings (SSSR count). The van der Waals surface area contributed by atoms with Crippen molar-refractivity contribution in [2.75, 3.05) is 0 Å². The van der Waals surface area contributed by atoms with E-state index in [0.29, 0.717) is 5.65 Å². The molecule has 0 bridgehead atoms. The number of pyridine rings is 2. The molecule has 1 aliphatic rings. The van der Waals surface area contributed by atoms with E-state index in [4.69, 9.17) is 0 Å². The van der Waals surface area contributed by atoms with E-state index in [0.717, 1.165) is 34.9 Å². The number of hydrogen-bond donors (Lipinski definition) is 2. The van der Waals surface area contributed by atoms with E-state index in [2.05, 4.69) is 9.97 Å². The van der Waals surface area contributed by atoms with Gasteiger partial charge in [0.25, 0.3) is 0 Å². The Morgan fingerprint density at radius 1 is 1.19 bits per heavy atom. The minimum absolute atomic E-state index is 0.132. The average molecular weight is 369 g/mol. The van der Waals surface area contributed by atoms with Crippen LogP contribution in [0.1, 0.15) is 31.4 Å². The molecule has 0 amide bonds. The quantitative estimate of drug-likeness (QED) is 0.676. The SMILES string of the molecule is C[C@H](c1ccc(-c2ccnc3[nH]c(=O)ccc23)cc1)N(C1CC1)S(=O)O. The second kappa shape index (κ2) is 6.75. The van der Waals surface area contributed by atoms with Crippen LogP contribution in [0.25, 0.3) is 22.2 Å². The number of fused-ring (bicyclic) bond motifs is 1. The number of H-pyrrole nitrogens is 1. The molecule has 3 aromatic rings. The first-order chi connectivity index (χ1) is 12.5. The van der Waals surface area contributed by atoms with Gasteiger partial charge in [0.15, 0.2) is 0 Å². The zero-order valence-electron chi connectivity index (χ0n) is 14.3. The van der Waals surface area contributed by atoms with E-state index in [1.165, 1.54) is 6.07 Å². The smallest absolute Gasteiger partial charge is 0.249 e. The molecule has 2 heterocycles. The fraction of sp³-hybridized carbons (Fsp3) is 0.263. The van der Waals surface area contributed by atoms with Gasteiger partial charge in [0, 0.05) is 29.7 Å². The minimum atomic E-state index is -1.97. The summed E-state index contributed by atoms with van der Waals surface area (Å²) in [6.07, 6.45) is 3.61. The fourth-order valence-electron chi connectivity index (χ4n) is 3.31. The predicted molar refractivity (Wildman–Crippen MR) is 102 cm³/mol. The van der Waals surface area contributed by atoms with Gasteiger partial charge in [-0.25, -0.2) is 9.19 Å². The molecule has 1 unspecified atom stereocenters. The van der Waals surface area contributed by atoms with Crippen molar-refractivity contribution in [2.45, 2.75) is 31.8 Å². The van der Waals surface area contributed by atoms with Crippen molar-refractivity contribution in [2.24, 2.45) is 0 Å². The lowest BCUT2D eigenvalue weighted by Gasteiger charge is -2.25. The lowest BCUT2D eigenvalue weighted by Crippen LogP contribution is -2.30. The highest BCUT2D eigenvalue weighted by atomic mass is 32.2. The lowest BCUT2D eigenvalue weighted by atomic mass is 9.99. The van der Waals surface area contributed by atoms with Crippen LogP contribution in [0.4, 0.5) is 0 Å². The van der Waals surface area contributed by atoms with Gasteiger partial charge in [-0.3, -0.25) is 9.35 Å². The van der Waals surface area contributed by atoms with Gasteiger partial charge in [0.05, 0.1) is 0 Å². The molecule has 1 fully saturated rings. The Hall–Kier alpha value is -2.35. The molecule has 1 aromatic carbocycles. The number of aromatic amines is 1. The summed E-state index contributed by atoms with van der Waals surface area (Å²) in [6.45, 7) is 1.95. The van der Waals surface area contributed by atoms with Crippen molar-refractivity contribution in [1.82, 2.24) is 14.3 Å². The molecule has 0 spiro atoms. The lowest BCUT2D eigenvalue weighted by molar-refractivity contribution is 0.325. The van der Waals surface area contributed by atoms with E-state index in [-0.39, 0.29) is 17.6 Å². The molecule has 0 radical (unpaired) electrons. The van der Waals surface area contributed by atoms with Gasteiger partial charge in [-0.05, 0) is 48.6 Å². The van der Waals surface area contributed by atoms with Crippen LogP contribution in [0, 0.1) is 0 Å². The summed E-state index contributed by atoms with van der Waals surface area (Å²) in [4.78, 5) is 18.4. The predicted octanol–water partition coefficient (Wildman–Crippen LogP) is 3.25. The van der Waals surface area contributed by atoms with Crippen LogP contribution in [-0.2, 0) is 11.3 Å². The second-order valence-corrected chi connectivity index (χ2v) is 7.45. The van der Waals surface area contributed by atoms with E-state index in [1.54, 1.807) is 16.6 Å². The highest BCUT2D eigenvalue weighted by Crippen LogP contribution is 2.36. The van der Waals surface area contributed by atoms with Gasteiger partial charge in [-0.2, -0.15) is 4.31 Å². The van der Waals surface area contributed by atoms with Gasteiger partial charge in [0.2, 0.25) is 16.8 Å². The molecule has 0 aliphatic heterocycles. The van der Waals surface area contributed by atoms with Crippen LogP contribution in [0.5, 0.6) is 0 Å². The van der Waals surface area contributed by atoms with E-state index in [9.17, 15) is 13.6 Å². The molecule has 1 aliphatic carbocycles. The molecule has 2 atom stereocenters. The Bertz CT molecular complexity index is 1030. The third-order valence-electron chi connectivity index (χ3n) is 4.81. The first kappa shape index (κ1) is 17.1. The van der Waals surface area contributed by atoms with Crippen LogP contribution >= 0.6 is 0 Å². The van der Waals surface area contributed by atoms with Crippen molar-refractivity contribution in [3.8, 4) is 11.1 Å². The fourth-order valence-corrected chi connectivity index (χ4v) is 4.16. The first-order valence-electron chi connectivity index (χ1n) is 8.52. The van der Waals surface area contributed by atoms with Crippen molar-refractivity contribution in [3.63, 3.8) is 0 Å². The maximum atomic E-state index is 11.7. The zero-order valence-corrected chi connectivity index (χ0v) is 15.1. The number of aromatic nitrogens is 2. The Morgan fingerprint density at radius 2 is 1.92 bits per heavy atom. The molecule has 1 saturated carbocycles. The van der Waals surface area contributed by atoms with Crippen molar-refractivity contribution < 1.29 is 8.76 Å². The Labute approximate surface area is 153 Å². The summed E-state index contributed by atoms with van der Waals surface area (Å²) in [5.41, 5.74) is 3.36. The largest absolute Gasteiger partial charge is 0.307 e. The summed E-state index contributed by atoms with van der Waals surface area (Å²) in [5, 5.41) is 0.879. The van der Waals surface area contributed by atoms with Crippen LogP contribution in [-0.4, -0.2) is 29.1 Å². The maximum absolute atomic E-state index is 11.7. The Balaban J connectivity index is 1.68. The van der Waals surface area contributed by atoms with Crippen LogP contribution in [0.15, 0.2) is 53.5 Å². The summed E-state index contributed by atoms with van der Waals surface area (Å²) < 4.78 is 22.9. The monoisotopic (exact) mass is 369 g/mol. The summed E-state index contributed by atoms with van der Waals surface area (Å²) in [7, 11) is 0. The van der Waals surface area contributed by atoms with Crippen LogP contribution < -0.4 is 5.56 Å². The van der Waals surface area contributed by atoms with Crippen molar-refractivity contribution in [1.29, 1.82) is 0 Å². The normalized spacial score (nSPS) is 16.7. The number of benzene rings is 1. The zero-order chi connectivity index (χ0) is 18.3. The molecule has 134 valence electrons. The number of hydrogen-bond acceptors (Lipinski definition) is 3. The molecule has 2 aromatic heterocycles. The van der Waals surface area contributed by atoms with Crippen LogP contribution in [0.3, 0.4) is 0 Å². The van der Waals surface area contributed by atoms with Crippen molar-refractivity contribution in [3.05, 3.63) is 64.6 Å². The molecule has 6 nitrogen and oxygen atoms in total. The van der Waals surface area contributed by atoms with E-state index >= 15 is 0 Å². The molecular formula is C19H19N3O3S. The average Bonchev–Trinajstić information content (AvgIpc) is 3.45.